The molecule has 6 nitrogen and oxygen atoms in total. The number of nitrogens with zero attached hydrogens (tertiary/aromatic N) is 2. The van der Waals surface area contributed by atoms with Crippen LogP contribution in [0.5, 0.6) is 5.75 Å². The molecule has 7 heteroatoms. The van der Waals surface area contributed by atoms with Gasteiger partial charge in [0.2, 0.25) is 5.91 Å². The van der Waals surface area contributed by atoms with Gasteiger partial charge in [0, 0.05) is 50.9 Å². The Morgan fingerprint density at radius 2 is 1.77 bits per heavy atom. The zero-order chi connectivity index (χ0) is 22.2. The van der Waals surface area contributed by atoms with Gasteiger partial charge in [-0.25, -0.2) is 0 Å². The summed E-state index contributed by atoms with van der Waals surface area (Å²) in [5.74, 6) is 0.705. The molecule has 1 saturated heterocycles. The van der Waals surface area contributed by atoms with Crippen molar-refractivity contribution in [2.24, 2.45) is 0 Å². The van der Waals surface area contributed by atoms with Crippen LogP contribution >= 0.6 is 11.6 Å². The fraction of sp³-hybridized carbons (Fsp3) is 0.417. The number of benzene rings is 2. The predicted molar refractivity (Wildman–Crippen MR) is 124 cm³/mol. The summed E-state index contributed by atoms with van der Waals surface area (Å²) in [7, 11) is 3.95. The van der Waals surface area contributed by atoms with E-state index in [9.17, 15) is 9.59 Å². The van der Waals surface area contributed by atoms with E-state index in [0.717, 1.165) is 18.5 Å². The van der Waals surface area contributed by atoms with Crippen LogP contribution in [-0.4, -0.2) is 56.5 Å². The Morgan fingerprint density at radius 1 is 1.10 bits per heavy atom. The average Bonchev–Trinajstić information content (AvgIpc) is 2.78. The van der Waals surface area contributed by atoms with Crippen LogP contribution in [0.25, 0.3) is 0 Å². The van der Waals surface area contributed by atoms with Gasteiger partial charge in [0.1, 0.15) is 5.75 Å². The highest BCUT2D eigenvalue weighted by Crippen LogP contribution is 2.23. The summed E-state index contributed by atoms with van der Waals surface area (Å²) in [5, 5.41) is 3.66. The molecule has 0 aromatic heterocycles. The van der Waals surface area contributed by atoms with Gasteiger partial charge in [-0.2, -0.15) is 0 Å². The summed E-state index contributed by atoms with van der Waals surface area (Å²) in [5.41, 5.74) is 1.77. The average molecular weight is 444 g/mol. The van der Waals surface area contributed by atoms with Crippen LogP contribution in [0.15, 0.2) is 48.5 Å². The molecule has 3 rings (SSSR count). The topological polar surface area (TPSA) is 61.9 Å². The third-order valence-electron chi connectivity index (χ3n) is 5.42. The number of piperidine rings is 1. The highest BCUT2D eigenvalue weighted by molar-refractivity contribution is 6.32. The summed E-state index contributed by atoms with van der Waals surface area (Å²) in [6.45, 7) is 1.74. The van der Waals surface area contributed by atoms with Crippen molar-refractivity contribution in [3.63, 3.8) is 0 Å². The van der Waals surface area contributed by atoms with Gasteiger partial charge in [0.15, 0.2) is 0 Å². The summed E-state index contributed by atoms with van der Waals surface area (Å²) >= 11 is 6.05. The molecule has 0 bridgehead atoms. The van der Waals surface area contributed by atoms with Gasteiger partial charge in [-0.05, 0) is 55.7 Å². The Bertz CT molecular complexity index is 878. The van der Waals surface area contributed by atoms with Crippen LogP contribution in [-0.2, 0) is 4.79 Å². The lowest BCUT2D eigenvalue weighted by atomic mass is 10.0. The molecule has 0 atom stereocenters. The third kappa shape index (κ3) is 6.62. The molecular formula is C24H30ClN3O3. The fourth-order valence-corrected chi connectivity index (χ4v) is 3.78. The molecule has 31 heavy (non-hydrogen) atoms. The molecule has 2 aromatic rings. The van der Waals surface area contributed by atoms with Crippen molar-refractivity contribution in [3.05, 3.63) is 59.1 Å². The van der Waals surface area contributed by atoms with Gasteiger partial charge in [-0.15, -0.1) is 0 Å². The predicted octanol–water partition coefficient (Wildman–Crippen LogP) is 3.99. The summed E-state index contributed by atoms with van der Waals surface area (Å²) < 4.78 is 5.62. The molecule has 1 aliphatic rings. The van der Waals surface area contributed by atoms with Gasteiger partial charge in [0.05, 0.1) is 11.6 Å². The van der Waals surface area contributed by atoms with Crippen molar-refractivity contribution in [3.8, 4) is 5.75 Å². The number of amides is 2. The number of nitrogens with one attached hydrogen (secondary N) is 1. The Labute approximate surface area is 189 Å². The SMILES string of the molecule is CN(C)c1ccc(C(=O)N2CCC(NC(=O)CCCOc3ccccc3Cl)CC2)cc1. The van der Waals surface area contributed by atoms with E-state index in [4.69, 9.17) is 16.3 Å². The standard InChI is InChI=1S/C24H30ClN3O3/c1-27(2)20-11-9-18(10-12-20)24(30)28-15-13-19(14-16-28)26-23(29)8-5-17-31-22-7-4-3-6-21(22)25/h3-4,6-7,9-12,19H,5,8,13-17H2,1-2H3,(H,26,29). The van der Waals surface area contributed by atoms with Gasteiger partial charge < -0.3 is 19.9 Å². The molecule has 1 heterocycles. The number of ether oxygens (including phenoxy) is 1. The second-order valence-electron chi connectivity index (χ2n) is 7.96. The first-order chi connectivity index (χ1) is 14.9. The number of carbonyl (C=O) groups excluding carboxylic acids is 2. The van der Waals surface area contributed by atoms with Crippen LogP contribution < -0.4 is 15.0 Å². The number of carbonyl (C=O) groups is 2. The highest BCUT2D eigenvalue weighted by atomic mass is 35.5. The first kappa shape index (κ1) is 22.9. The normalized spacial score (nSPS) is 14.2. The Kier molecular flexibility index (Phi) is 8.18. The molecule has 1 N–H and O–H groups in total. The van der Waals surface area contributed by atoms with E-state index in [0.29, 0.717) is 48.9 Å². The number of hydrogen-bond acceptors (Lipinski definition) is 4. The Hall–Kier alpha value is -2.73. The number of likely N-dealkylation sites (tertiary alicyclic amines) is 1. The molecule has 1 aliphatic heterocycles. The number of anilines is 1. The van der Waals surface area contributed by atoms with Gasteiger partial charge >= 0.3 is 0 Å². The fourth-order valence-electron chi connectivity index (χ4n) is 3.59. The van der Waals surface area contributed by atoms with Crippen LogP contribution in [0.3, 0.4) is 0 Å². The molecule has 1 fully saturated rings. The molecule has 166 valence electrons. The lowest BCUT2D eigenvalue weighted by molar-refractivity contribution is -0.122. The smallest absolute Gasteiger partial charge is 0.253 e. The molecule has 0 unspecified atom stereocenters. The van der Waals surface area contributed by atoms with Crippen LogP contribution in [0.4, 0.5) is 5.69 Å². The van der Waals surface area contributed by atoms with E-state index in [1.165, 1.54) is 0 Å². The number of para-hydroxylation sites is 1. The minimum atomic E-state index is 0.0202. The van der Waals surface area contributed by atoms with Crippen LogP contribution in [0.2, 0.25) is 5.02 Å². The Morgan fingerprint density at radius 3 is 2.42 bits per heavy atom. The van der Waals surface area contributed by atoms with E-state index < -0.39 is 0 Å². The molecule has 0 saturated carbocycles. The largest absolute Gasteiger partial charge is 0.492 e. The van der Waals surface area contributed by atoms with Crippen molar-refractivity contribution in [1.29, 1.82) is 0 Å². The number of rotatable bonds is 8. The van der Waals surface area contributed by atoms with Crippen molar-refractivity contribution in [1.82, 2.24) is 10.2 Å². The molecule has 0 aliphatic carbocycles. The number of hydrogen-bond donors (Lipinski definition) is 1. The first-order valence-corrected chi connectivity index (χ1v) is 11.0. The van der Waals surface area contributed by atoms with Gasteiger partial charge in [-0.1, -0.05) is 23.7 Å². The molecule has 0 spiro atoms. The third-order valence-corrected chi connectivity index (χ3v) is 5.73. The summed E-state index contributed by atoms with van der Waals surface area (Å²) in [6, 6.07) is 15.1. The van der Waals surface area contributed by atoms with E-state index in [1.54, 1.807) is 6.07 Å². The Balaban J connectivity index is 1.36. The molecular weight excluding hydrogens is 414 g/mol. The van der Waals surface area contributed by atoms with E-state index in [2.05, 4.69) is 5.32 Å². The van der Waals surface area contributed by atoms with E-state index >= 15 is 0 Å². The molecule has 0 radical (unpaired) electrons. The van der Waals surface area contributed by atoms with E-state index in [1.807, 2.05) is 66.4 Å². The number of halogens is 1. The molecule has 2 amide bonds. The van der Waals surface area contributed by atoms with Crippen molar-refractivity contribution in [2.45, 2.75) is 31.7 Å². The quantitative estimate of drug-likeness (QED) is 0.627. The maximum atomic E-state index is 12.7. The van der Waals surface area contributed by atoms with Crippen molar-refractivity contribution >= 4 is 29.1 Å². The maximum Gasteiger partial charge on any atom is 0.253 e. The van der Waals surface area contributed by atoms with Crippen LogP contribution in [0, 0.1) is 0 Å². The first-order valence-electron chi connectivity index (χ1n) is 10.7. The monoisotopic (exact) mass is 443 g/mol. The zero-order valence-corrected chi connectivity index (χ0v) is 18.9. The van der Waals surface area contributed by atoms with Gasteiger partial charge in [-0.3, -0.25) is 9.59 Å². The summed E-state index contributed by atoms with van der Waals surface area (Å²) in [6.07, 6.45) is 2.56. The maximum absolute atomic E-state index is 12.7. The zero-order valence-electron chi connectivity index (χ0n) is 18.1. The highest BCUT2D eigenvalue weighted by Gasteiger charge is 2.24. The lowest BCUT2D eigenvalue weighted by Crippen LogP contribution is -2.46. The second kappa shape index (κ2) is 11.0. The minimum Gasteiger partial charge on any atom is -0.492 e. The van der Waals surface area contributed by atoms with Crippen molar-refractivity contribution < 1.29 is 14.3 Å². The van der Waals surface area contributed by atoms with Crippen LogP contribution in [0.1, 0.15) is 36.0 Å². The lowest BCUT2D eigenvalue weighted by Gasteiger charge is -2.32. The second-order valence-corrected chi connectivity index (χ2v) is 8.36. The summed E-state index contributed by atoms with van der Waals surface area (Å²) in [4.78, 5) is 28.8. The van der Waals surface area contributed by atoms with Gasteiger partial charge in [0.25, 0.3) is 5.91 Å². The van der Waals surface area contributed by atoms with E-state index in [-0.39, 0.29) is 17.9 Å². The minimum absolute atomic E-state index is 0.0202. The van der Waals surface area contributed by atoms with Crippen molar-refractivity contribution in [2.75, 3.05) is 38.7 Å². The molecule has 2 aromatic carbocycles.